The molecule has 0 aliphatic heterocycles. The Morgan fingerprint density at radius 1 is 1.26 bits per heavy atom. The molecule has 0 amide bonds. The topological polar surface area (TPSA) is 33.7 Å². The van der Waals surface area contributed by atoms with Gasteiger partial charge in [0, 0.05) is 33.9 Å². The summed E-state index contributed by atoms with van der Waals surface area (Å²) in [7, 11) is 5.74. The van der Waals surface area contributed by atoms with E-state index < -0.39 is 0 Å². The molecule has 0 saturated carbocycles. The molecular weight excluding hydrogens is 240 g/mol. The summed E-state index contributed by atoms with van der Waals surface area (Å²) < 4.78 is 10.7. The predicted molar refractivity (Wildman–Crippen MR) is 80.1 cm³/mol. The molecule has 0 fully saturated rings. The molecule has 0 aliphatic carbocycles. The number of nitrogens with zero attached hydrogens (tertiary/aromatic N) is 1. The van der Waals surface area contributed by atoms with Gasteiger partial charge >= 0.3 is 0 Å². The number of anilines is 1. The maximum atomic E-state index is 5.42. The summed E-state index contributed by atoms with van der Waals surface area (Å²) in [5, 5.41) is 3.41. The number of hydrogen-bond donors (Lipinski definition) is 1. The predicted octanol–water partition coefficient (Wildman–Crippen LogP) is 2.28. The van der Waals surface area contributed by atoms with Gasteiger partial charge in [-0.15, -0.1) is 0 Å². The van der Waals surface area contributed by atoms with Crippen LogP contribution in [0.2, 0.25) is 0 Å². The van der Waals surface area contributed by atoms with Gasteiger partial charge in [0.25, 0.3) is 0 Å². The van der Waals surface area contributed by atoms with Crippen LogP contribution in [0.5, 0.6) is 5.75 Å². The Morgan fingerprint density at radius 2 is 2.05 bits per heavy atom. The van der Waals surface area contributed by atoms with Crippen LogP contribution < -0.4 is 15.0 Å². The van der Waals surface area contributed by atoms with Crippen molar-refractivity contribution in [3.63, 3.8) is 0 Å². The van der Waals surface area contributed by atoms with E-state index in [9.17, 15) is 0 Å². The molecule has 0 bridgehead atoms. The summed E-state index contributed by atoms with van der Waals surface area (Å²) in [6.45, 7) is 5.47. The zero-order valence-electron chi connectivity index (χ0n) is 12.5. The summed E-state index contributed by atoms with van der Waals surface area (Å²) in [5.74, 6) is 0.915. The zero-order chi connectivity index (χ0) is 14.1. The molecule has 4 heteroatoms. The van der Waals surface area contributed by atoms with Gasteiger partial charge < -0.3 is 19.7 Å². The average Bonchev–Trinajstić information content (AvgIpc) is 2.42. The van der Waals surface area contributed by atoms with Gasteiger partial charge in [0.15, 0.2) is 0 Å². The minimum Gasteiger partial charge on any atom is -0.495 e. The summed E-state index contributed by atoms with van der Waals surface area (Å²) in [6, 6.07) is 6.31. The molecule has 19 heavy (non-hydrogen) atoms. The first kappa shape index (κ1) is 15.8. The Morgan fingerprint density at radius 3 is 2.68 bits per heavy atom. The normalized spacial score (nSPS) is 10.5. The van der Waals surface area contributed by atoms with Crippen LogP contribution in [0.15, 0.2) is 18.2 Å². The van der Waals surface area contributed by atoms with Crippen LogP contribution >= 0.6 is 0 Å². The fourth-order valence-electron chi connectivity index (χ4n) is 1.88. The largest absolute Gasteiger partial charge is 0.495 e. The lowest BCUT2D eigenvalue weighted by Crippen LogP contribution is -2.17. The first-order valence-corrected chi connectivity index (χ1v) is 6.81. The molecule has 1 aromatic carbocycles. The number of benzene rings is 1. The van der Waals surface area contributed by atoms with Crippen LogP contribution in [-0.4, -0.2) is 41.0 Å². The van der Waals surface area contributed by atoms with Crippen molar-refractivity contribution < 1.29 is 9.47 Å². The van der Waals surface area contributed by atoms with E-state index in [4.69, 9.17) is 9.47 Å². The van der Waals surface area contributed by atoms with Crippen molar-refractivity contribution in [2.45, 2.75) is 19.9 Å². The van der Waals surface area contributed by atoms with Gasteiger partial charge in [0.05, 0.1) is 12.8 Å². The highest BCUT2D eigenvalue weighted by atomic mass is 16.5. The molecular formula is C15H26N2O2. The van der Waals surface area contributed by atoms with Crippen LogP contribution in [0, 0.1) is 0 Å². The van der Waals surface area contributed by atoms with E-state index in [1.54, 1.807) is 7.11 Å². The molecule has 1 aromatic rings. The fraction of sp³-hybridized carbons (Fsp3) is 0.600. The molecule has 0 radical (unpaired) electrons. The van der Waals surface area contributed by atoms with Gasteiger partial charge in [0.1, 0.15) is 5.75 Å². The second kappa shape index (κ2) is 8.77. The Balaban J connectivity index is 2.42. The number of hydrogen-bond acceptors (Lipinski definition) is 4. The Hall–Kier alpha value is -1.26. The highest BCUT2D eigenvalue weighted by Crippen LogP contribution is 2.27. The van der Waals surface area contributed by atoms with E-state index in [-0.39, 0.29) is 0 Å². The van der Waals surface area contributed by atoms with Crippen molar-refractivity contribution >= 4 is 5.69 Å². The van der Waals surface area contributed by atoms with Crippen molar-refractivity contribution in [3.05, 3.63) is 23.8 Å². The van der Waals surface area contributed by atoms with Gasteiger partial charge in [-0.3, -0.25) is 0 Å². The van der Waals surface area contributed by atoms with Crippen molar-refractivity contribution in [2.24, 2.45) is 0 Å². The SMILES string of the molecule is CCOCCCNCc1ccc(N(C)C)c(OC)c1. The van der Waals surface area contributed by atoms with E-state index in [1.807, 2.05) is 21.0 Å². The average molecular weight is 266 g/mol. The lowest BCUT2D eigenvalue weighted by atomic mass is 10.1. The molecule has 0 spiro atoms. The summed E-state index contributed by atoms with van der Waals surface area (Å²) in [6.07, 6.45) is 1.04. The lowest BCUT2D eigenvalue weighted by Gasteiger charge is -2.17. The Kier molecular flexibility index (Phi) is 7.30. The van der Waals surface area contributed by atoms with Gasteiger partial charge in [-0.25, -0.2) is 0 Å². The zero-order valence-corrected chi connectivity index (χ0v) is 12.5. The molecule has 0 atom stereocenters. The number of methoxy groups -OCH3 is 1. The Bertz CT molecular complexity index is 367. The molecule has 1 rings (SSSR count). The molecule has 1 N–H and O–H groups in total. The van der Waals surface area contributed by atoms with E-state index in [0.717, 1.165) is 44.2 Å². The number of ether oxygens (including phenoxy) is 2. The third-order valence-electron chi connectivity index (χ3n) is 2.90. The molecule has 0 saturated heterocycles. The minimum absolute atomic E-state index is 0.795. The van der Waals surface area contributed by atoms with Crippen LogP contribution in [0.1, 0.15) is 18.9 Å². The molecule has 0 heterocycles. The van der Waals surface area contributed by atoms with E-state index >= 15 is 0 Å². The van der Waals surface area contributed by atoms with E-state index in [0.29, 0.717) is 0 Å². The van der Waals surface area contributed by atoms with E-state index in [1.165, 1.54) is 5.56 Å². The number of nitrogens with one attached hydrogen (secondary N) is 1. The summed E-state index contributed by atoms with van der Waals surface area (Å²) in [5.41, 5.74) is 2.33. The van der Waals surface area contributed by atoms with Crippen molar-refractivity contribution in [3.8, 4) is 5.75 Å². The van der Waals surface area contributed by atoms with Crippen LogP contribution in [0.25, 0.3) is 0 Å². The van der Waals surface area contributed by atoms with Crippen molar-refractivity contribution in [1.82, 2.24) is 5.32 Å². The quantitative estimate of drug-likeness (QED) is 0.695. The monoisotopic (exact) mass is 266 g/mol. The van der Waals surface area contributed by atoms with Crippen molar-refractivity contribution in [2.75, 3.05) is 45.9 Å². The van der Waals surface area contributed by atoms with Crippen LogP contribution in [-0.2, 0) is 11.3 Å². The van der Waals surface area contributed by atoms with E-state index in [2.05, 4.69) is 28.4 Å². The van der Waals surface area contributed by atoms with Crippen LogP contribution in [0.4, 0.5) is 5.69 Å². The van der Waals surface area contributed by atoms with Gasteiger partial charge in [-0.05, 0) is 37.6 Å². The smallest absolute Gasteiger partial charge is 0.142 e. The molecule has 4 nitrogen and oxygen atoms in total. The maximum absolute atomic E-state index is 5.42. The molecule has 0 aliphatic rings. The highest BCUT2D eigenvalue weighted by Gasteiger charge is 2.05. The maximum Gasteiger partial charge on any atom is 0.142 e. The second-order valence-corrected chi connectivity index (χ2v) is 4.63. The first-order chi connectivity index (χ1) is 9.19. The summed E-state index contributed by atoms with van der Waals surface area (Å²) in [4.78, 5) is 2.05. The van der Waals surface area contributed by atoms with Gasteiger partial charge in [-0.1, -0.05) is 6.07 Å². The molecule has 0 unspecified atom stereocenters. The minimum atomic E-state index is 0.795. The highest BCUT2D eigenvalue weighted by molar-refractivity contribution is 5.58. The third kappa shape index (κ3) is 5.49. The number of rotatable bonds is 9. The van der Waals surface area contributed by atoms with Crippen molar-refractivity contribution in [1.29, 1.82) is 0 Å². The Labute approximate surface area is 116 Å². The molecule has 108 valence electrons. The fourth-order valence-corrected chi connectivity index (χ4v) is 1.88. The van der Waals surface area contributed by atoms with Gasteiger partial charge in [-0.2, -0.15) is 0 Å². The van der Waals surface area contributed by atoms with Gasteiger partial charge in [0.2, 0.25) is 0 Å². The second-order valence-electron chi connectivity index (χ2n) is 4.63. The first-order valence-electron chi connectivity index (χ1n) is 6.81. The molecule has 0 aromatic heterocycles. The van der Waals surface area contributed by atoms with Crippen LogP contribution in [0.3, 0.4) is 0 Å². The standard InChI is InChI=1S/C15H26N2O2/c1-5-19-10-6-9-16-12-13-7-8-14(17(2)3)15(11-13)18-4/h7-8,11,16H,5-6,9-10,12H2,1-4H3. The third-order valence-corrected chi connectivity index (χ3v) is 2.90. The lowest BCUT2D eigenvalue weighted by molar-refractivity contribution is 0.144. The summed E-state index contributed by atoms with van der Waals surface area (Å²) >= 11 is 0.